The van der Waals surface area contributed by atoms with Gasteiger partial charge < -0.3 is 11.1 Å². The smallest absolute Gasteiger partial charge is 0.225 e. The van der Waals surface area contributed by atoms with E-state index in [1.807, 2.05) is 18.4 Å². The van der Waals surface area contributed by atoms with Crippen LogP contribution in [0.25, 0.3) is 0 Å². The van der Waals surface area contributed by atoms with Gasteiger partial charge in [0.1, 0.15) is 0 Å². The maximum Gasteiger partial charge on any atom is 0.225 e. The highest BCUT2D eigenvalue weighted by Crippen LogP contribution is 2.25. The SMILES string of the molecule is CC(NC(=O)C1CCCC1N)c1ccsc1. The van der Waals surface area contributed by atoms with Crippen molar-refractivity contribution in [2.75, 3.05) is 0 Å². The number of carbonyl (C=O) groups excluding carboxylic acids is 1. The van der Waals surface area contributed by atoms with Crippen molar-refractivity contribution in [1.29, 1.82) is 0 Å². The van der Waals surface area contributed by atoms with E-state index in [0.29, 0.717) is 0 Å². The number of hydrogen-bond donors (Lipinski definition) is 2. The number of amides is 1. The number of hydrogen-bond acceptors (Lipinski definition) is 3. The molecule has 3 nitrogen and oxygen atoms in total. The predicted molar refractivity (Wildman–Crippen MR) is 66.2 cm³/mol. The van der Waals surface area contributed by atoms with Crippen molar-refractivity contribution < 1.29 is 4.79 Å². The first-order valence-electron chi connectivity index (χ1n) is 5.76. The van der Waals surface area contributed by atoms with Crippen molar-refractivity contribution in [2.45, 2.75) is 38.3 Å². The van der Waals surface area contributed by atoms with Gasteiger partial charge in [-0.15, -0.1) is 0 Å². The number of thiophene rings is 1. The summed E-state index contributed by atoms with van der Waals surface area (Å²) >= 11 is 1.65. The van der Waals surface area contributed by atoms with Crippen LogP contribution >= 0.6 is 11.3 Å². The summed E-state index contributed by atoms with van der Waals surface area (Å²) in [7, 11) is 0. The Morgan fingerprint density at radius 1 is 1.62 bits per heavy atom. The molecule has 1 aromatic rings. The van der Waals surface area contributed by atoms with Crippen LogP contribution in [0.4, 0.5) is 0 Å². The Kier molecular flexibility index (Phi) is 3.61. The average molecular weight is 238 g/mol. The van der Waals surface area contributed by atoms with Gasteiger partial charge in [-0.3, -0.25) is 4.79 Å². The van der Waals surface area contributed by atoms with Crippen molar-refractivity contribution in [2.24, 2.45) is 11.7 Å². The van der Waals surface area contributed by atoms with Gasteiger partial charge in [0.2, 0.25) is 5.91 Å². The van der Waals surface area contributed by atoms with E-state index in [0.717, 1.165) is 19.3 Å². The third-order valence-corrected chi connectivity index (χ3v) is 4.01. The molecule has 0 aliphatic heterocycles. The minimum absolute atomic E-state index is 0.0149. The lowest BCUT2D eigenvalue weighted by Crippen LogP contribution is -2.39. The summed E-state index contributed by atoms with van der Waals surface area (Å²) in [5, 5.41) is 7.14. The molecule has 0 aromatic carbocycles. The molecule has 1 amide bonds. The fourth-order valence-corrected chi connectivity index (χ4v) is 2.99. The Bertz CT molecular complexity index is 350. The summed E-state index contributed by atoms with van der Waals surface area (Å²) < 4.78 is 0. The molecule has 0 radical (unpaired) electrons. The van der Waals surface area contributed by atoms with Crippen LogP contribution in [0.5, 0.6) is 0 Å². The molecule has 1 aliphatic rings. The van der Waals surface area contributed by atoms with Crippen molar-refractivity contribution in [3.05, 3.63) is 22.4 Å². The zero-order chi connectivity index (χ0) is 11.5. The standard InChI is InChI=1S/C12H18N2OS/c1-8(9-5-6-16-7-9)14-12(15)10-3-2-4-11(10)13/h5-8,10-11H,2-4,13H2,1H3,(H,14,15). The molecule has 0 saturated heterocycles. The van der Waals surface area contributed by atoms with E-state index in [9.17, 15) is 4.79 Å². The van der Waals surface area contributed by atoms with E-state index in [1.54, 1.807) is 11.3 Å². The predicted octanol–water partition coefficient (Wildman–Crippen LogP) is 2.05. The molecule has 4 heteroatoms. The first kappa shape index (κ1) is 11.6. The fourth-order valence-electron chi connectivity index (χ4n) is 2.24. The van der Waals surface area contributed by atoms with Gasteiger partial charge in [-0.25, -0.2) is 0 Å². The van der Waals surface area contributed by atoms with Gasteiger partial charge in [-0.1, -0.05) is 6.42 Å². The van der Waals surface area contributed by atoms with E-state index in [1.165, 1.54) is 5.56 Å². The lowest BCUT2D eigenvalue weighted by atomic mass is 10.0. The summed E-state index contributed by atoms with van der Waals surface area (Å²) in [4.78, 5) is 12.0. The number of carbonyl (C=O) groups is 1. The van der Waals surface area contributed by atoms with Crippen LogP contribution in [-0.4, -0.2) is 11.9 Å². The van der Waals surface area contributed by atoms with Crippen molar-refractivity contribution in [1.82, 2.24) is 5.32 Å². The van der Waals surface area contributed by atoms with Gasteiger partial charge in [-0.2, -0.15) is 11.3 Å². The van der Waals surface area contributed by atoms with Crippen LogP contribution in [0, 0.1) is 5.92 Å². The topological polar surface area (TPSA) is 55.1 Å². The second-order valence-corrected chi connectivity index (χ2v) is 5.27. The van der Waals surface area contributed by atoms with Gasteiger partial charge in [-0.05, 0) is 42.2 Å². The Hall–Kier alpha value is -0.870. The highest BCUT2D eigenvalue weighted by atomic mass is 32.1. The zero-order valence-corrected chi connectivity index (χ0v) is 10.3. The van der Waals surface area contributed by atoms with Crippen LogP contribution in [-0.2, 0) is 4.79 Å². The van der Waals surface area contributed by atoms with Gasteiger partial charge in [0.15, 0.2) is 0 Å². The Labute approximate surface area is 100 Å². The summed E-state index contributed by atoms with van der Waals surface area (Å²) in [5.74, 6) is 0.129. The molecule has 1 aliphatic carbocycles. The fraction of sp³-hybridized carbons (Fsp3) is 0.583. The summed E-state index contributed by atoms with van der Waals surface area (Å²) in [6, 6.07) is 2.19. The van der Waals surface area contributed by atoms with Gasteiger partial charge >= 0.3 is 0 Å². The van der Waals surface area contributed by atoms with Crippen LogP contribution in [0.3, 0.4) is 0 Å². The quantitative estimate of drug-likeness (QED) is 0.847. The molecule has 1 saturated carbocycles. The molecule has 0 bridgehead atoms. The molecule has 3 N–H and O–H groups in total. The normalized spacial score (nSPS) is 26.6. The Morgan fingerprint density at radius 2 is 2.44 bits per heavy atom. The monoisotopic (exact) mass is 238 g/mol. The van der Waals surface area contributed by atoms with Crippen molar-refractivity contribution in [3.63, 3.8) is 0 Å². The van der Waals surface area contributed by atoms with E-state index in [2.05, 4.69) is 10.7 Å². The third kappa shape index (κ3) is 2.44. The molecule has 3 atom stereocenters. The zero-order valence-electron chi connectivity index (χ0n) is 9.48. The summed E-state index contributed by atoms with van der Waals surface area (Å²) in [5.41, 5.74) is 7.09. The first-order chi connectivity index (χ1) is 7.68. The van der Waals surface area contributed by atoms with Crippen LogP contribution in [0.1, 0.15) is 37.8 Å². The largest absolute Gasteiger partial charge is 0.349 e. The van der Waals surface area contributed by atoms with Crippen molar-refractivity contribution >= 4 is 17.2 Å². The van der Waals surface area contributed by atoms with Crippen LogP contribution in [0.2, 0.25) is 0 Å². The molecular weight excluding hydrogens is 220 g/mol. The minimum Gasteiger partial charge on any atom is -0.349 e. The van der Waals surface area contributed by atoms with E-state index >= 15 is 0 Å². The van der Waals surface area contributed by atoms with Crippen molar-refractivity contribution in [3.8, 4) is 0 Å². The molecule has 3 unspecified atom stereocenters. The third-order valence-electron chi connectivity index (χ3n) is 3.31. The van der Waals surface area contributed by atoms with Crippen LogP contribution < -0.4 is 11.1 Å². The Balaban J connectivity index is 1.92. The van der Waals surface area contributed by atoms with E-state index in [-0.39, 0.29) is 23.9 Å². The maximum absolute atomic E-state index is 12.0. The van der Waals surface area contributed by atoms with Crippen LogP contribution in [0.15, 0.2) is 16.8 Å². The lowest BCUT2D eigenvalue weighted by Gasteiger charge is -2.19. The molecule has 16 heavy (non-hydrogen) atoms. The Morgan fingerprint density at radius 3 is 3.00 bits per heavy atom. The maximum atomic E-state index is 12.0. The molecule has 0 spiro atoms. The second-order valence-electron chi connectivity index (χ2n) is 4.49. The molecule has 88 valence electrons. The van der Waals surface area contributed by atoms with Gasteiger partial charge in [0.25, 0.3) is 0 Å². The minimum atomic E-state index is 0.0149. The molecule has 1 fully saturated rings. The molecule has 1 aromatic heterocycles. The highest BCUT2D eigenvalue weighted by molar-refractivity contribution is 7.07. The number of rotatable bonds is 3. The van der Waals surface area contributed by atoms with Gasteiger partial charge in [0, 0.05) is 6.04 Å². The van der Waals surface area contributed by atoms with E-state index in [4.69, 9.17) is 5.73 Å². The van der Waals surface area contributed by atoms with E-state index < -0.39 is 0 Å². The lowest BCUT2D eigenvalue weighted by molar-refractivity contribution is -0.125. The average Bonchev–Trinajstić information content (AvgIpc) is 2.86. The summed E-state index contributed by atoms with van der Waals surface area (Å²) in [6.07, 6.45) is 2.99. The second kappa shape index (κ2) is 4.97. The highest BCUT2D eigenvalue weighted by Gasteiger charge is 2.30. The molecule has 2 rings (SSSR count). The molecule has 1 heterocycles. The first-order valence-corrected chi connectivity index (χ1v) is 6.71. The van der Waals surface area contributed by atoms with Gasteiger partial charge in [0.05, 0.1) is 12.0 Å². The summed E-state index contributed by atoms with van der Waals surface area (Å²) in [6.45, 7) is 2.01. The molecular formula is C12H18N2OS. The number of nitrogens with one attached hydrogen (secondary N) is 1. The number of nitrogens with two attached hydrogens (primary N) is 1.